The number of ether oxygens (including phenoxy) is 2. The third-order valence-corrected chi connectivity index (χ3v) is 4.50. The second kappa shape index (κ2) is 9.82. The molecule has 1 heterocycles. The fraction of sp³-hybridized carbons (Fsp3) is 0.364. The summed E-state index contributed by atoms with van der Waals surface area (Å²) in [5, 5.41) is 5.77. The van der Waals surface area contributed by atoms with E-state index in [2.05, 4.69) is 10.6 Å². The predicted octanol–water partition coefficient (Wildman–Crippen LogP) is 2.82. The Bertz CT molecular complexity index is 855. The van der Waals surface area contributed by atoms with E-state index in [9.17, 15) is 9.59 Å². The van der Waals surface area contributed by atoms with Crippen molar-refractivity contribution in [2.75, 3.05) is 36.5 Å². The van der Waals surface area contributed by atoms with Crippen molar-refractivity contribution in [3.05, 3.63) is 48.5 Å². The molecular weight excluding hydrogens is 370 g/mol. The molecule has 0 aromatic heterocycles. The van der Waals surface area contributed by atoms with Crippen LogP contribution in [0.3, 0.4) is 0 Å². The maximum atomic E-state index is 12.7. The zero-order valence-corrected chi connectivity index (χ0v) is 16.8. The number of nitrogens with one attached hydrogen (secondary N) is 2. The Labute approximate surface area is 171 Å². The summed E-state index contributed by atoms with van der Waals surface area (Å²) in [6.07, 6.45) is 0.181. The number of hydrogen-bond donors (Lipinski definition) is 2. The Kier molecular flexibility index (Phi) is 6.94. The van der Waals surface area contributed by atoms with Crippen molar-refractivity contribution in [3.8, 4) is 11.5 Å². The first-order valence-corrected chi connectivity index (χ1v) is 9.92. The van der Waals surface area contributed by atoms with Gasteiger partial charge in [-0.05, 0) is 37.6 Å². The van der Waals surface area contributed by atoms with Gasteiger partial charge in [-0.2, -0.15) is 0 Å². The van der Waals surface area contributed by atoms with Crippen LogP contribution in [-0.4, -0.2) is 44.2 Å². The van der Waals surface area contributed by atoms with Crippen molar-refractivity contribution >= 4 is 23.2 Å². The SMILES string of the molecule is CCCNC(=O)[C@@H]1CN(CC(=O)Nc2ccccc2OCC)c2ccccc2O1. The highest BCUT2D eigenvalue weighted by atomic mass is 16.5. The summed E-state index contributed by atoms with van der Waals surface area (Å²) in [7, 11) is 0. The lowest BCUT2D eigenvalue weighted by atomic mass is 10.1. The predicted molar refractivity (Wildman–Crippen MR) is 113 cm³/mol. The molecular formula is C22H27N3O4. The van der Waals surface area contributed by atoms with Gasteiger partial charge < -0.3 is 25.0 Å². The lowest BCUT2D eigenvalue weighted by molar-refractivity contribution is -0.128. The number of nitrogens with zero attached hydrogens (tertiary/aromatic N) is 1. The molecule has 0 unspecified atom stereocenters. The van der Waals surface area contributed by atoms with Gasteiger partial charge in [-0.3, -0.25) is 9.59 Å². The van der Waals surface area contributed by atoms with E-state index in [1.807, 2.05) is 61.2 Å². The number of benzene rings is 2. The molecule has 2 amide bonds. The maximum absolute atomic E-state index is 12.7. The van der Waals surface area contributed by atoms with Crippen LogP contribution < -0.4 is 25.0 Å². The first-order valence-electron chi connectivity index (χ1n) is 9.92. The van der Waals surface area contributed by atoms with Gasteiger partial charge in [-0.1, -0.05) is 31.2 Å². The Morgan fingerprint density at radius 2 is 1.90 bits per heavy atom. The molecule has 154 valence electrons. The van der Waals surface area contributed by atoms with Gasteiger partial charge in [0.1, 0.15) is 11.5 Å². The highest BCUT2D eigenvalue weighted by molar-refractivity contribution is 5.96. The van der Waals surface area contributed by atoms with E-state index in [0.717, 1.165) is 12.1 Å². The normalized spacial score (nSPS) is 15.1. The summed E-state index contributed by atoms with van der Waals surface area (Å²) >= 11 is 0. The van der Waals surface area contributed by atoms with Crippen molar-refractivity contribution < 1.29 is 19.1 Å². The first kappa shape index (κ1) is 20.5. The van der Waals surface area contributed by atoms with E-state index in [-0.39, 0.29) is 18.4 Å². The van der Waals surface area contributed by atoms with Crippen LogP contribution in [-0.2, 0) is 9.59 Å². The van der Waals surface area contributed by atoms with Crippen LogP contribution in [0.15, 0.2) is 48.5 Å². The van der Waals surface area contributed by atoms with Crippen molar-refractivity contribution in [2.45, 2.75) is 26.4 Å². The molecule has 0 saturated carbocycles. The summed E-state index contributed by atoms with van der Waals surface area (Å²) in [6.45, 7) is 5.39. The van der Waals surface area contributed by atoms with Crippen LogP contribution in [0.5, 0.6) is 11.5 Å². The molecule has 1 atom stereocenters. The molecule has 29 heavy (non-hydrogen) atoms. The fourth-order valence-electron chi connectivity index (χ4n) is 3.17. The van der Waals surface area contributed by atoms with Crippen LogP contribution >= 0.6 is 0 Å². The zero-order valence-electron chi connectivity index (χ0n) is 16.8. The standard InChI is InChI=1S/C22H27N3O4/c1-3-13-23-22(27)20-14-25(17-10-6-8-12-19(17)29-20)15-21(26)24-16-9-5-7-11-18(16)28-4-2/h5-12,20H,3-4,13-15H2,1-2H3,(H,23,27)(H,24,26)/t20-/m0/s1. The molecule has 0 aliphatic carbocycles. The van der Waals surface area contributed by atoms with Crippen molar-refractivity contribution in [1.82, 2.24) is 5.32 Å². The van der Waals surface area contributed by atoms with Crippen molar-refractivity contribution in [1.29, 1.82) is 0 Å². The maximum Gasteiger partial charge on any atom is 0.262 e. The quantitative estimate of drug-likeness (QED) is 0.716. The number of anilines is 2. The lowest BCUT2D eigenvalue weighted by Gasteiger charge is -2.35. The minimum Gasteiger partial charge on any atom is -0.492 e. The third kappa shape index (κ3) is 5.19. The monoisotopic (exact) mass is 397 g/mol. The number of hydrogen-bond acceptors (Lipinski definition) is 5. The molecule has 7 nitrogen and oxygen atoms in total. The highest BCUT2D eigenvalue weighted by Crippen LogP contribution is 2.33. The van der Waals surface area contributed by atoms with Crippen LogP contribution in [0, 0.1) is 0 Å². The number of rotatable bonds is 8. The number of amides is 2. The number of carbonyl (C=O) groups is 2. The van der Waals surface area contributed by atoms with Crippen LogP contribution in [0.2, 0.25) is 0 Å². The molecule has 2 aromatic rings. The van der Waals surface area contributed by atoms with Gasteiger partial charge in [0.15, 0.2) is 6.10 Å². The Morgan fingerprint density at radius 1 is 1.14 bits per heavy atom. The fourth-order valence-corrected chi connectivity index (χ4v) is 3.17. The summed E-state index contributed by atoms with van der Waals surface area (Å²) in [5.41, 5.74) is 1.42. The molecule has 0 saturated heterocycles. The minimum absolute atomic E-state index is 0.0956. The number of fused-ring (bicyclic) bond motifs is 1. The zero-order chi connectivity index (χ0) is 20.6. The topological polar surface area (TPSA) is 79.9 Å². The lowest BCUT2D eigenvalue weighted by Crippen LogP contribution is -2.50. The second-order valence-electron chi connectivity index (χ2n) is 6.72. The van der Waals surface area contributed by atoms with Crippen molar-refractivity contribution in [3.63, 3.8) is 0 Å². The molecule has 2 aromatic carbocycles. The Morgan fingerprint density at radius 3 is 2.69 bits per heavy atom. The molecule has 2 N–H and O–H groups in total. The summed E-state index contributed by atoms with van der Waals surface area (Å²) < 4.78 is 11.4. The number of carbonyl (C=O) groups excluding carboxylic acids is 2. The van der Waals surface area contributed by atoms with E-state index < -0.39 is 6.10 Å². The average Bonchev–Trinajstić information content (AvgIpc) is 2.73. The Balaban J connectivity index is 1.73. The smallest absolute Gasteiger partial charge is 0.262 e. The van der Waals surface area contributed by atoms with E-state index >= 15 is 0 Å². The van der Waals surface area contributed by atoms with Gasteiger partial charge in [-0.25, -0.2) is 0 Å². The summed E-state index contributed by atoms with van der Waals surface area (Å²) in [5.74, 6) is 0.857. The van der Waals surface area contributed by atoms with E-state index in [1.165, 1.54) is 0 Å². The Hall–Kier alpha value is -3.22. The molecule has 0 bridgehead atoms. The number of para-hydroxylation sites is 4. The molecule has 1 aliphatic heterocycles. The largest absolute Gasteiger partial charge is 0.492 e. The van der Waals surface area contributed by atoms with Crippen molar-refractivity contribution in [2.24, 2.45) is 0 Å². The molecule has 0 radical (unpaired) electrons. The van der Waals surface area contributed by atoms with Gasteiger partial charge >= 0.3 is 0 Å². The second-order valence-corrected chi connectivity index (χ2v) is 6.72. The molecule has 7 heteroatoms. The van der Waals surface area contributed by atoms with Crippen LogP contribution in [0.4, 0.5) is 11.4 Å². The van der Waals surface area contributed by atoms with E-state index in [1.54, 1.807) is 6.07 Å². The minimum atomic E-state index is -0.667. The average molecular weight is 397 g/mol. The van der Waals surface area contributed by atoms with Crippen LogP contribution in [0.1, 0.15) is 20.3 Å². The molecule has 0 spiro atoms. The van der Waals surface area contributed by atoms with Gasteiger partial charge in [-0.15, -0.1) is 0 Å². The summed E-state index contributed by atoms with van der Waals surface area (Å²) in [4.78, 5) is 27.0. The van der Waals surface area contributed by atoms with Gasteiger partial charge in [0.05, 0.1) is 31.1 Å². The first-order chi connectivity index (χ1) is 14.1. The third-order valence-electron chi connectivity index (χ3n) is 4.50. The van der Waals surface area contributed by atoms with E-state index in [4.69, 9.17) is 9.47 Å². The molecule has 0 fully saturated rings. The van der Waals surface area contributed by atoms with Crippen LogP contribution in [0.25, 0.3) is 0 Å². The molecule has 1 aliphatic rings. The van der Waals surface area contributed by atoms with Gasteiger partial charge in [0, 0.05) is 6.54 Å². The summed E-state index contributed by atoms with van der Waals surface area (Å²) in [6, 6.07) is 14.8. The van der Waals surface area contributed by atoms with Gasteiger partial charge in [0.25, 0.3) is 5.91 Å². The highest BCUT2D eigenvalue weighted by Gasteiger charge is 2.31. The molecule has 3 rings (SSSR count). The van der Waals surface area contributed by atoms with Gasteiger partial charge in [0.2, 0.25) is 5.91 Å². The van der Waals surface area contributed by atoms with E-state index in [0.29, 0.717) is 36.9 Å².